The van der Waals surface area contributed by atoms with Crippen molar-refractivity contribution in [2.75, 3.05) is 13.1 Å². The molecule has 4 rings (SSSR count). The van der Waals surface area contributed by atoms with Crippen LogP contribution in [0.5, 0.6) is 0 Å². The Morgan fingerprint density at radius 1 is 1.24 bits per heavy atom. The van der Waals surface area contributed by atoms with Crippen LogP contribution in [0, 0.1) is 5.92 Å². The van der Waals surface area contributed by atoms with Gasteiger partial charge in [0.05, 0.1) is 13.0 Å². The Hall–Kier alpha value is -2.21. The molecule has 1 unspecified atom stereocenters. The summed E-state index contributed by atoms with van der Waals surface area (Å²) < 4.78 is 2.12. The Bertz CT molecular complexity index is 731. The fourth-order valence-electron chi connectivity index (χ4n) is 3.78. The third-order valence-corrected chi connectivity index (χ3v) is 5.20. The second-order valence-electron chi connectivity index (χ2n) is 7.12. The molecular formula is C19H25N5O. The van der Waals surface area contributed by atoms with Gasteiger partial charge >= 0.3 is 0 Å². The summed E-state index contributed by atoms with van der Waals surface area (Å²) in [6.45, 7) is 3.68. The summed E-state index contributed by atoms with van der Waals surface area (Å²) in [5.74, 6) is 2.68. The first-order valence-corrected chi connectivity index (χ1v) is 9.24. The minimum atomic E-state index is 0.0306. The molecule has 0 bridgehead atoms. The van der Waals surface area contributed by atoms with Gasteiger partial charge in [-0.25, -0.2) is 0 Å². The van der Waals surface area contributed by atoms with E-state index in [1.807, 2.05) is 0 Å². The van der Waals surface area contributed by atoms with Gasteiger partial charge in [-0.3, -0.25) is 4.79 Å². The molecule has 1 saturated heterocycles. The highest BCUT2D eigenvalue weighted by Gasteiger charge is 2.17. The number of nitrogens with zero attached hydrogens (tertiary/aromatic N) is 3. The number of benzene rings is 1. The Balaban J connectivity index is 1.27. The van der Waals surface area contributed by atoms with Crippen molar-refractivity contribution < 1.29 is 4.79 Å². The van der Waals surface area contributed by atoms with Crippen molar-refractivity contribution in [2.24, 2.45) is 5.92 Å². The van der Waals surface area contributed by atoms with Gasteiger partial charge in [0.2, 0.25) is 5.91 Å². The lowest BCUT2D eigenvalue weighted by Gasteiger charge is -2.09. The van der Waals surface area contributed by atoms with Gasteiger partial charge in [-0.2, -0.15) is 0 Å². The van der Waals surface area contributed by atoms with Crippen molar-refractivity contribution in [2.45, 2.75) is 45.2 Å². The van der Waals surface area contributed by atoms with E-state index in [1.54, 1.807) is 0 Å². The molecule has 1 aromatic heterocycles. The molecule has 1 aromatic carbocycles. The molecule has 1 amide bonds. The van der Waals surface area contributed by atoms with E-state index in [4.69, 9.17) is 0 Å². The van der Waals surface area contributed by atoms with Crippen LogP contribution in [0.4, 0.5) is 0 Å². The zero-order chi connectivity index (χ0) is 17.1. The van der Waals surface area contributed by atoms with Crippen LogP contribution in [0.25, 0.3) is 0 Å². The number of carbonyl (C=O) groups is 1. The molecule has 6 nitrogen and oxygen atoms in total. The molecule has 2 aromatic rings. The van der Waals surface area contributed by atoms with Crippen molar-refractivity contribution in [3.05, 3.63) is 47.0 Å². The largest absolute Gasteiger partial charge is 0.349 e. The Morgan fingerprint density at radius 3 is 2.88 bits per heavy atom. The maximum absolute atomic E-state index is 12.2. The van der Waals surface area contributed by atoms with Crippen molar-refractivity contribution >= 4 is 5.91 Å². The SMILES string of the molecule is O=C(Cc1ccc(CC2CCNC2)cc1)NCc1nnc2n1CCC2. The van der Waals surface area contributed by atoms with E-state index in [-0.39, 0.29) is 5.91 Å². The van der Waals surface area contributed by atoms with Crippen molar-refractivity contribution in [1.29, 1.82) is 0 Å². The predicted molar refractivity (Wildman–Crippen MR) is 95.0 cm³/mol. The zero-order valence-electron chi connectivity index (χ0n) is 14.5. The molecule has 2 N–H and O–H groups in total. The van der Waals surface area contributed by atoms with Crippen LogP contribution in [0.1, 0.15) is 35.6 Å². The Kier molecular flexibility index (Phi) is 4.78. The lowest BCUT2D eigenvalue weighted by atomic mass is 9.97. The van der Waals surface area contributed by atoms with Crippen molar-refractivity contribution in [1.82, 2.24) is 25.4 Å². The molecule has 0 radical (unpaired) electrons. The van der Waals surface area contributed by atoms with Crippen LogP contribution < -0.4 is 10.6 Å². The highest BCUT2D eigenvalue weighted by molar-refractivity contribution is 5.78. The lowest BCUT2D eigenvalue weighted by Crippen LogP contribution is -2.26. The number of rotatable bonds is 6. The predicted octanol–water partition coefficient (Wildman–Crippen LogP) is 1.24. The van der Waals surface area contributed by atoms with Gasteiger partial charge in [-0.05, 0) is 49.4 Å². The fraction of sp³-hybridized carbons (Fsp3) is 0.526. The first-order valence-electron chi connectivity index (χ1n) is 9.24. The number of carbonyl (C=O) groups excluding carboxylic acids is 1. The van der Waals surface area contributed by atoms with Gasteiger partial charge in [-0.15, -0.1) is 10.2 Å². The van der Waals surface area contributed by atoms with Crippen LogP contribution >= 0.6 is 0 Å². The minimum Gasteiger partial charge on any atom is -0.349 e. The Labute approximate surface area is 148 Å². The summed E-state index contributed by atoms with van der Waals surface area (Å²) >= 11 is 0. The van der Waals surface area contributed by atoms with E-state index in [0.29, 0.717) is 13.0 Å². The Morgan fingerprint density at radius 2 is 2.08 bits per heavy atom. The maximum Gasteiger partial charge on any atom is 0.224 e. The standard InChI is InChI=1S/C19H25N5O/c25-19(21-13-18-23-22-17-2-1-9-24(17)18)11-15-5-3-14(4-6-15)10-16-7-8-20-12-16/h3-6,16,20H,1-2,7-13H2,(H,21,25). The third-order valence-electron chi connectivity index (χ3n) is 5.20. The number of hydrogen-bond donors (Lipinski definition) is 2. The van der Waals surface area contributed by atoms with Crippen molar-refractivity contribution in [3.8, 4) is 0 Å². The molecule has 2 aliphatic heterocycles. The highest BCUT2D eigenvalue weighted by atomic mass is 16.1. The summed E-state index contributed by atoms with van der Waals surface area (Å²) in [6.07, 6.45) is 4.90. The molecule has 2 aliphatic rings. The molecule has 0 saturated carbocycles. The third kappa shape index (κ3) is 3.90. The minimum absolute atomic E-state index is 0.0306. The fourth-order valence-corrected chi connectivity index (χ4v) is 3.78. The summed E-state index contributed by atoms with van der Waals surface area (Å²) in [6, 6.07) is 8.47. The number of hydrogen-bond acceptors (Lipinski definition) is 4. The number of fused-ring (bicyclic) bond motifs is 1. The molecule has 132 valence electrons. The van der Waals surface area contributed by atoms with Gasteiger partial charge in [0.25, 0.3) is 0 Å². The van der Waals surface area contributed by atoms with E-state index in [2.05, 4.69) is 49.7 Å². The summed E-state index contributed by atoms with van der Waals surface area (Å²) in [7, 11) is 0. The second kappa shape index (κ2) is 7.35. The number of nitrogens with one attached hydrogen (secondary N) is 2. The first kappa shape index (κ1) is 16.3. The van der Waals surface area contributed by atoms with Crippen molar-refractivity contribution in [3.63, 3.8) is 0 Å². The van der Waals surface area contributed by atoms with E-state index in [0.717, 1.165) is 62.0 Å². The molecule has 1 atom stereocenters. The van der Waals surface area contributed by atoms with E-state index >= 15 is 0 Å². The van der Waals surface area contributed by atoms with Gasteiger partial charge in [-0.1, -0.05) is 24.3 Å². The van der Waals surface area contributed by atoms with E-state index in [1.165, 1.54) is 12.0 Å². The van der Waals surface area contributed by atoms with E-state index in [9.17, 15) is 4.79 Å². The molecule has 0 spiro atoms. The lowest BCUT2D eigenvalue weighted by molar-refractivity contribution is -0.120. The van der Waals surface area contributed by atoms with Crippen LogP contribution in [0.2, 0.25) is 0 Å². The molecule has 6 heteroatoms. The molecular weight excluding hydrogens is 314 g/mol. The van der Waals surface area contributed by atoms with Gasteiger partial charge < -0.3 is 15.2 Å². The highest BCUT2D eigenvalue weighted by Crippen LogP contribution is 2.16. The van der Waals surface area contributed by atoms with Crippen LogP contribution in [-0.4, -0.2) is 33.8 Å². The van der Waals surface area contributed by atoms with Gasteiger partial charge in [0, 0.05) is 13.0 Å². The zero-order valence-corrected chi connectivity index (χ0v) is 14.5. The van der Waals surface area contributed by atoms with E-state index < -0.39 is 0 Å². The van der Waals surface area contributed by atoms with Crippen LogP contribution in [0.15, 0.2) is 24.3 Å². The summed E-state index contributed by atoms with van der Waals surface area (Å²) in [5.41, 5.74) is 2.41. The first-order chi connectivity index (χ1) is 12.3. The topological polar surface area (TPSA) is 71.8 Å². The average molecular weight is 339 g/mol. The average Bonchev–Trinajstić information content (AvgIpc) is 3.33. The summed E-state index contributed by atoms with van der Waals surface area (Å²) in [4.78, 5) is 12.2. The molecule has 0 aliphatic carbocycles. The number of amides is 1. The molecule has 3 heterocycles. The van der Waals surface area contributed by atoms with Gasteiger partial charge in [0.15, 0.2) is 5.82 Å². The second-order valence-corrected chi connectivity index (χ2v) is 7.12. The monoisotopic (exact) mass is 339 g/mol. The summed E-state index contributed by atoms with van der Waals surface area (Å²) in [5, 5.41) is 14.7. The molecule has 25 heavy (non-hydrogen) atoms. The van der Waals surface area contributed by atoms with Gasteiger partial charge in [0.1, 0.15) is 5.82 Å². The normalized spacial score (nSPS) is 19.1. The smallest absolute Gasteiger partial charge is 0.224 e. The van der Waals surface area contributed by atoms with Crippen LogP contribution in [-0.2, 0) is 37.1 Å². The number of aryl methyl sites for hydroxylation is 1. The van der Waals surface area contributed by atoms with Crippen LogP contribution in [0.3, 0.4) is 0 Å². The quantitative estimate of drug-likeness (QED) is 0.830. The maximum atomic E-state index is 12.2. The molecule has 1 fully saturated rings. The number of aromatic nitrogens is 3.